The number of benzene rings is 2. The van der Waals surface area contributed by atoms with Gasteiger partial charge in [0.2, 0.25) is 0 Å². The number of H-pyrrole nitrogens is 1. The van der Waals surface area contributed by atoms with E-state index in [0.29, 0.717) is 11.6 Å². The summed E-state index contributed by atoms with van der Waals surface area (Å²) in [5.41, 5.74) is 8.65. The zero-order chi connectivity index (χ0) is 17.8. The molecule has 25 heavy (non-hydrogen) atoms. The number of nitrogens with one attached hydrogen (secondary N) is 2. The van der Waals surface area contributed by atoms with E-state index in [1.165, 1.54) is 0 Å². The molecule has 0 aliphatic heterocycles. The van der Waals surface area contributed by atoms with E-state index in [1.807, 2.05) is 37.3 Å². The number of carbonyl (C=O) groups excluding carboxylic acids is 1. The predicted octanol–water partition coefficient (Wildman–Crippen LogP) is 3.59. The summed E-state index contributed by atoms with van der Waals surface area (Å²) in [5, 5.41) is 10.5. The van der Waals surface area contributed by atoms with Gasteiger partial charge in [0.1, 0.15) is 11.5 Å². The summed E-state index contributed by atoms with van der Waals surface area (Å²) in [4.78, 5) is 10.8. The van der Waals surface area contributed by atoms with E-state index >= 15 is 0 Å². The van der Waals surface area contributed by atoms with Crippen molar-refractivity contribution in [2.75, 3.05) is 12.4 Å². The second-order valence-electron chi connectivity index (χ2n) is 5.42. The maximum Gasteiger partial charge on any atom is 0.409 e. The fourth-order valence-corrected chi connectivity index (χ4v) is 2.40. The molecule has 0 saturated heterocycles. The van der Waals surface area contributed by atoms with Crippen LogP contribution < -0.4 is 20.5 Å². The van der Waals surface area contributed by atoms with Crippen molar-refractivity contribution in [3.8, 4) is 22.8 Å². The molecule has 1 heterocycles. The normalized spacial score (nSPS) is 10.3. The number of aromatic nitrogens is 2. The highest BCUT2D eigenvalue weighted by Crippen LogP contribution is 2.27. The minimum absolute atomic E-state index is 0.400. The lowest BCUT2D eigenvalue weighted by molar-refractivity contribution is 0.211. The van der Waals surface area contributed by atoms with Crippen LogP contribution in [-0.4, -0.2) is 23.4 Å². The lowest BCUT2D eigenvalue weighted by Crippen LogP contribution is -2.16. The van der Waals surface area contributed by atoms with E-state index < -0.39 is 6.09 Å². The topological polar surface area (TPSA) is 102 Å². The van der Waals surface area contributed by atoms with E-state index in [1.54, 1.807) is 25.3 Å². The molecule has 0 bridgehead atoms. The number of primary amides is 1. The van der Waals surface area contributed by atoms with Crippen molar-refractivity contribution in [1.82, 2.24) is 10.2 Å². The average Bonchev–Trinajstić information content (AvgIpc) is 3.05. The number of hydrogen-bond donors (Lipinski definition) is 3. The number of amides is 1. The van der Waals surface area contributed by atoms with E-state index in [-0.39, 0.29) is 0 Å². The molecule has 0 spiro atoms. The van der Waals surface area contributed by atoms with Crippen molar-refractivity contribution in [3.63, 3.8) is 0 Å². The molecule has 7 nitrogen and oxygen atoms in total. The van der Waals surface area contributed by atoms with Crippen LogP contribution in [-0.2, 0) is 0 Å². The minimum Gasteiger partial charge on any atom is -0.497 e. The summed E-state index contributed by atoms with van der Waals surface area (Å²) in [6, 6.07) is 14.8. The summed E-state index contributed by atoms with van der Waals surface area (Å²) in [6.45, 7) is 1.90. The third-order valence-electron chi connectivity index (χ3n) is 3.66. The predicted molar refractivity (Wildman–Crippen MR) is 95.2 cm³/mol. The van der Waals surface area contributed by atoms with Crippen LogP contribution in [0.2, 0.25) is 0 Å². The Morgan fingerprint density at radius 1 is 1.12 bits per heavy atom. The summed E-state index contributed by atoms with van der Waals surface area (Å²) < 4.78 is 10.0. The maximum absolute atomic E-state index is 10.8. The number of nitrogens with two attached hydrogens (primary N) is 1. The molecule has 0 saturated carbocycles. The minimum atomic E-state index is -0.837. The van der Waals surface area contributed by atoms with Crippen molar-refractivity contribution >= 4 is 17.6 Å². The van der Waals surface area contributed by atoms with Gasteiger partial charge < -0.3 is 20.5 Å². The number of hydrogen-bond acceptors (Lipinski definition) is 5. The molecule has 1 aromatic heterocycles. The Kier molecular flexibility index (Phi) is 4.56. The third kappa shape index (κ3) is 3.89. The van der Waals surface area contributed by atoms with Crippen LogP contribution in [0.4, 0.5) is 16.3 Å². The molecule has 0 aliphatic carbocycles. The van der Waals surface area contributed by atoms with Gasteiger partial charge in [-0.3, -0.25) is 5.10 Å². The third-order valence-corrected chi connectivity index (χ3v) is 3.66. The number of aromatic amines is 1. The number of carbonyl (C=O) groups is 1. The molecule has 0 fully saturated rings. The van der Waals surface area contributed by atoms with Crippen LogP contribution in [0, 0.1) is 6.92 Å². The van der Waals surface area contributed by atoms with Gasteiger partial charge in [-0.15, -0.1) is 0 Å². The molecule has 128 valence electrons. The van der Waals surface area contributed by atoms with Gasteiger partial charge in [-0.05, 0) is 60.5 Å². The van der Waals surface area contributed by atoms with Gasteiger partial charge in [0, 0.05) is 11.8 Å². The Labute approximate surface area is 144 Å². The highest BCUT2D eigenvalue weighted by molar-refractivity contribution is 5.70. The first kappa shape index (κ1) is 16.4. The average molecular weight is 338 g/mol. The van der Waals surface area contributed by atoms with Crippen LogP contribution in [0.15, 0.2) is 48.5 Å². The van der Waals surface area contributed by atoms with E-state index in [4.69, 9.17) is 15.2 Å². The van der Waals surface area contributed by atoms with E-state index in [2.05, 4.69) is 15.5 Å². The van der Waals surface area contributed by atoms with Crippen molar-refractivity contribution in [2.24, 2.45) is 5.73 Å². The lowest BCUT2D eigenvalue weighted by atomic mass is 10.1. The standard InChI is InChI=1S/C18H18N4O3/c1-11-9-14(25-18(19)23)7-8-15(11)20-17-10-16(21-22-17)12-3-5-13(24-2)6-4-12/h3-10H,1-2H3,(H2,19,23)(H2,20,21,22). The van der Waals surface area contributed by atoms with Gasteiger partial charge in [-0.25, -0.2) is 4.79 Å². The van der Waals surface area contributed by atoms with Crippen LogP contribution in [0.3, 0.4) is 0 Å². The number of nitrogens with zero attached hydrogens (tertiary/aromatic N) is 1. The Morgan fingerprint density at radius 3 is 2.48 bits per heavy atom. The first-order valence-electron chi connectivity index (χ1n) is 7.60. The molecule has 0 atom stereocenters. The molecule has 0 radical (unpaired) electrons. The van der Waals surface area contributed by atoms with Crippen molar-refractivity contribution in [3.05, 3.63) is 54.1 Å². The zero-order valence-corrected chi connectivity index (χ0v) is 13.9. The molecule has 2 aromatic carbocycles. The van der Waals surface area contributed by atoms with Gasteiger partial charge in [-0.1, -0.05) is 0 Å². The Bertz CT molecular complexity index is 888. The Morgan fingerprint density at radius 2 is 1.84 bits per heavy atom. The number of ether oxygens (including phenoxy) is 2. The lowest BCUT2D eigenvalue weighted by Gasteiger charge is -2.08. The first-order chi connectivity index (χ1) is 12.0. The Balaban J connectivity index is 1.75. The second-order valence-corrected chi connectivity index (χ2v) is 5.42. The second kappa shape index (κ2) is 6.96. The number of aryl methyl sites for hydroxylation is 1. The SMILES string of the molecule is COc1ccc(-c2cc(Nc3ccc(OC(N)=O)cc3C)n[nH]2)cc1. The molecular weight excluding hydrogens is 320 g/mol. The van der Waals surface area contributed by atoms with Crippen LogP contribution in [0.25, 0.3) is 11.3 Å². The van der Waals surface area contributed by atoms with Gasteiger partial charge in [0.25, 0.3) is 0 Å². The van der Waals surface area contributed by atoms with Gasteiger partial charge >= 0.3 is 6.09 Å². The van der Waals surface area contributed by atoms with Gasteiger partial charge in [0.15, 0.2) is 5.82 Å². The van der Waals surface area contributed by atoms with Crippen LogP contribution in [0.5, 0.6) is 11.5 Å². The fraction of sp³-hybridized carbons (Fsp3) is 0.111. The summed E-state index contributed by atoms with van der Waals surface area (Å²) >= 11 is 0. The highest BCUT2D eigenvalue weighted by Gasteiger charge is 2.07. The number of rotatable bonds is 5. The molecule has 0 aliphatic rings. The van der Waals surface area contributed by atoms with Gasteiger partial charge in [0.05, 0.1) is 12.8 Å². The number of anilines is 2. The highest BCUT2D eigenvalue weighted by atomic mass is 16.5. The summed E-state index contributed by atoms with van der Waals surface area (Å²) in [5.74, 6) is 1.88. The van der Waals surface area contributed by atoms with Crippen molar-refractivity contribution in [1.29, 1.82) is 0 Å². The fourth-order valence-electron chi connectivity index (χ4n) is 2.40. The zero-order valence-electron chi connectivity index (χ0n) is 13.9. The molecule has 3 aromatic rings. The Hall–Kier alpha value is -3.48. The molecule has 7 heteroatoms. The van der Waals surface area contributed by atoms with Gasteiger partial charge in [-0.2, -0.15) is 5.10 Å². The number of methoxy groups -OCH3 is 1. The first-order valence-corrected chi connectivity index (χ1v) is 7.60. The molecular formula is C18H18N4O3. The van der Waals surface area contributed by atoms with Crippen molar-refractivity contribution in [2.45, 2.75) is 6.92 Å². The molecule has 0 unspecified atom stereocenters. The monoisotopic (exact) mass is 338 g/mol. The summed E-state index contributed by atoms with van der Waals surface area (Å²) in [7, 11) is 1.63. The largest absolute Gasteiger partial charge is 0.497 e. The maximum atomic E-state index is 10.8. The molecule has 3 rings (SSSR count). The molecule has 1 amide bonds. The van der Waals surface area contributed by atoms with Crippen LogP contribution >= 0.6 is 0 Å². The van der Waals surface area contributed by atoms with E-state index in [0.717, 1.165) is 28.3 Å². The van der Waals surface area contributed by atoms with E-state index in [9.17, 15) is 4.79 Å². The molecule has 4 N–H and O–H groups in total. The summed E-state index contributed by atoms with van der Waals surface area (Å²) in [6.07, 6.45) is -0.837. The van der Waals surface area contributed by atoms with Crippen LogP contribution in [0.1, 0.15) is 5.56 Å². The smallest absolute Gasteiger partial charge is 0.409 e. The quantitative estimate of drug-likeness (QED) is 0.660. The van der Waals surface area contributed by atoms with Crippen molar-refractivity contribution < 1.29 is 14.3 Å².